The minimum Gasteiger partial charge on any atom is -0.357 e. The summed E-state index contributed by atoms with van der Waals surface area (Å²) in [6, 6.07) is 30.8. The molecule has 3 nitrogen and oxygen atoms in total. The van der Waals surface area contributed by atoms with E-state index in [4.69, 9.17) is 12.2 Å². The van der Waals surface area contributed by atoms with Crippen LogP contribution in [-0.2, 0) is 6.54 Å². The SMILES string of the molecule is S=C(NCc1ccccc1)N/N=C\C(c1ccccc1)c1ccccc1. The summed E-state index contributed by atoms with van der Waals surface area (Å²) in [6.07, 6.45) is 1.89. The molecule has 3 aromatic rings. The standard InChI is InChI=1S/C22H21N3S/c26-22(23-16-18-10-4-1-5-11-18)25-24-17-21(19-12-6-2-7-13-19)20-14-8-3-9-15-20/h1-15,17,21H,16H2,(H2,23,25,26)/b24-17-. The molecule has 0 aromatic heterocycles. The zero-order chi connectivity index (χ0) is 18.0. The van der Waals surface area contributed by atoms with Gasteiger partial charge in [0.1, 0.15) is 0 Å². The molecule has 0 saturated heterocycles. The minimum atomic E-state index is 0.0711. The third-order valence-corrected chi connectivity index (χ3v) is 4.24. The van der Waals surface area contributed by atoms with E-state index in [2.05, 4.69) is 52.2 Å². The molecule has 0 aliphatic rings. The van der Waals surface area contributed by atoms with Gasteiger partial charge in [0.05, 0.1) is 0 Å². The topological polar surface area (TPSA) is 36.4 Å². The number of rotatable bonds is 6. The van der Waals surface area contributed by atoms with Crippen LogP contribution < -0.4 is 10.7 Å². The van der Waals surface area contributed by atoms with Gasteiger partial charge in [-0.3, -0.25) is 5.43 Å². The van der Waals surface area contributed by atoms with E-state index in [0.717, 1.165) is 0 Å². The van der Waals surface area contributed by atoms with Crippen molar-refractivity contribution in [2.24, 2.45) is 5.10 Å². The van der Waals surface area contributed by atoms with Crippen molar-refractivity contribution >= 4 is 23.5 Å². The number of benzene rings is 3. The second-order valence-corrected chi connectivity index (χ2v) is 6.27. The maximum Gasteiger partial charge on any atom is 0.187 e. The molecule has 3 aromatic carbocycles. The molecular formula is C22H21N3S. The smallest absolute Gasteiger partial charge is 0.187 e. The molecule has 0 unspecified atom stereocenters. The number of hydrogen-bond acceptors (Lipinski definition) is 2. The molecule has 0 radical (unpaired) electrons. The summed E-state index contributed by atoms with van der Waals surface area (Å²) < 4.78 is 0. The molecule has 0 saturated carbocycles. The van der Waals surface area contributed by atoms with Crippen molar-refractivity contribution in [3.8, 4) is 0 Å². The fraction of sp³-hybridized carbons (Fsp3) is 0.0909. The van der Waals surface area contributed by atoms with E-state index in [-0.39, 0.29) is 5.92 Å². The Bertz CT molecular complexity index is 794. The lowest BCUT2D eigenvalue weighted by Crippen LogP contribution is -2.31. The predicted molar refractivity (Wildman–Crippen MR) is 112 cm³/mol. The van der Waals surface area contributed by atoms with Crippen molar-refractivity contribution in [3.63, 3.8) is 0 Å². The number of nitrogens with zero attached hydrogens (tertiary/aromatic N) is 1. The van der Waals surface area contributed by atoms with Gasteiger partial charge in [0.15, 0.2) is 5.11 Å². The Morgan fingerprint density at radius 3 is 1.85 bits per heavy atom. The first-order valence-corrected chi connectivity index (χ1v) is 8.94. The van der Waals surface area contributed by atoms with E-state index in [9.17, 15) is 0 Å². The van der Waals surface area contributed by atoms with Gasteiger partial charge in [-0.25, -0.2) is 0 Å². The van der Waals surface area contributed by atoms with Gasteiger partial charge in [-0.1, -0.05) is 91.0 Å². The van der Waals surface area contributed by atoms with Crippen LogP contribution in [0.3, 0.4) is 0 Å². The van der Waals surface area contributed by atoms with Gasteiger partial charge in [0.25, 0.3) is 0 Å². The maximum atomic E-state index is 5.30. The van der Waals surface area contributed by atoms with Crippen molar-refractivity contribution < 1.29 is 0 Å². The molecule has 0 bridgehead atoms. The minimum absolute atomic E-state index is 0.0711. The molecule has 0 aliphatic carbocycles. The van der Waals surface area contributed by atoms with Crippen molar-refractivity contribution in [2.75, 3.05) is 0 Å². The summed E-state index contributed by atoms with van der Waals surface area (Å²) in [7, 11) is 0. The summed E-state index contributed by atoms with van der Waals surface area (Å²) in [5.41, 5.74) is 6.46. The zero-order valence-electron chi connectivity index (χ0n) is 14.4. The number of hydrazone groups is 1. The summed E-state index contributed by atoms with van der Waals surface area (Å²) in [5.74, 6) is 0.0711. The van der Waals surface area contributed by atoms with Gasteiger partial charge in [-0.2, -0.15) is 5.10 Å². The molecular weight excluding hydrogens is 338 g/mol. The summed E-state index contributed by atoms with van der Waals surface area (Å²) in [6.45, 7) is 0.670. The summed E-state index contributed by atoms with van der Waals surface area (Å²) in [4.78, 5) is 0. The van der Waals surface area contributed by atoms with E-state index in [1.165, 1.54) is 16.7 Å². The lowest BCUT2D eigenvalue weighted by Gasteiger charge is -2.13. The Balaban J connectivity index is 1.62. The molecule has 0 amide bonds. The van der Waals surface area contributed by atoms with Crippen molar-refractivity contribution in [1.82, 2.24) is 10.7 Å². The molecule has 130 valence electrons. The molecule has 3 rings (SSSR count). The Labute approximate surface area is 159 Å². The highest BCUT2D eigenvalue weighted by Crippen LogP contribution is 2.22. The molecule has 0 heterocycles. The normalized spacial score (nSPS) is 10.8. The fourth-order valence-electron chi connectivity index (χ4n) is 2.67. The number of nitrogens with one attached hydrogen (secondary N) is 2. The van der Waals surface area contributed by atoms with Crippen LogP contribution in [0.4, 0.5) is 0 Å². The first-order valence-electron chi connectivity index (χ1n) is 8.54. The van der Waals surface area contributed by atoms with Crippen molar-refractivity contribution in [2.45, 2.75) is 12.5 Å². The monoisotopic (exact) mass is 359 g/mol. The molecule has 0 spiro atoms. The van der Waals surface area contributed by atoms with Crippen LogP contribution in [0.1, 0.15) is 22.6 Å². The Hall–Kier alpha value is -2.98. The predicted octanol–water partition coefficient (Wildman–Crippen LogP) is 4.47. The average Bonchev–Trinajstić information content (AvgIpc) is 2.72. The number of thiocarbonyl (C=S) groups is 1. The molecule has 0 fully saturated rings. The highest BCUT2D eigenvalue weighted by atomic mass is 32.1. The third-order valence-electron chi connectivity index (χ3n) is 4.00. The third kappa shape index (κ3) is 5.26. The Morgan fingerprint density at radius 2 is 1.31 bits per heavy atom. The van der Waals surface area contributed by atoms with Crippen molar-refractivity contribution in [1.29, 1.82) is 0 Å². The molecule has 2 N–H and O–H groups in total. The Kier molecular flexibility index (Phi) is 6.51. The van der Waals surface area contributed by atoms with Gasteiger partial charge >= 0.3 is 0 Å². The second kappa shape index (κ2) is 9.49. The van der Waals surface area contributed by atoms with Crippen LogP contribution in [0.25, 0.3) is 0 Å². The van der Waals surface area contributed by atoms with Gasteiger partial charge in [0, 0.05) is 18.7 Å². The van der Waals surface area contributed by atoms with Crippen LogP contribution in [0, 0.1) is 0 Å². The lowest BCUT2D eigenvalue weighted by atomic mass is 9.92. The molecule has 0 aliphatic heterocycles. The quantitative estimate of drug-likeness (QED) is 0.387. The van der Waals surface area contributed by atoms with Crippen LogP contribution in [0.2, 0.25) is 0 Å². The summed E-state index contributed by atoms with van der Waals surface area (Å²) >= 11 is 5.30. The van der Waals surface area contributed by atoms with Gasteiger partial charge in [-0.05, 0) is 28.9 Å². The largest absolute Gasteiger partial charge is 0.357 e. The molecule has 26 heavy (non-hydrogen) atoms. The highest BCUT2D eigenvalue weighted by molar-refractivity contribution is 7.80. The first-order chi connectivity index (χ1) is 12.8. The van der Waals surface area contributed by atoms with Crippen molar-refractivity contribution in [3.05, 3.63) is 108 Å². The summed E-state index contributed by atoms with van der Waals surface area (Å²) in [5, 5.41) is 8.02. The lowest BCUT2D eigenvalue weighted by molar-refractivity contribution is 0.865. The van der Waals surface area contributed by atoms with Gasteiger partial charge in [0.2, 0.25) is 0 Å². The van der Waals surface area contributed by atoms with Crippen LogP contribution in [-0.4, -0.2) is 11.3 Å². The molecule has 0 atom stereocenters. The molecule has 4 heteroatoms. The van der Waals surface area contributed by atoms with E-state index in [1.807, 2.05) is 60.8 Å². The maximum absolute atomic E-state index is 5.30. The highest BCUT2D eigenvalue weighted by Gasteiger charge is 2.11. The van der Waals surface area contributed by atoms with Crippen LogP contribution >= 0.6 is 12.2 Å². The van der Waals surface area contributed by atoms with Crippen LogP contribution in [0.5, 0.6) is 0 Å². The first kappa shape index (κ1) is 17.8. The number of hydrogen-bond donors (Lipinski definition) is 2. The van der Waals surface area contributed by atoms with Gasteiger partial charge in [-0.15, -0.1) is 0 Å². The van der Waals surface area contributed by atoms with E-state index in [1.54, 1.807) is 0 Å². The van der Waals surface area contributed by atoms with Gasteiger partial charge < -0.3 is 5.32 Å². The van der Waals surface area contributed by atoms with E-state index in [0.29, 0.717) is 11.7 Å². The Morgan fingerprint density at radius 1 is 0.808 bits per heavy atom. The van der Waals surface area contributed by atoms with Crippen LogP contribution in [0.15, 0.2) is 96.1 Å². The average molecular weight is 359 g/mol. The van der Waals surface area contributed by atoms with E-state index < -0.39 is 0 Å². The van der Waals surface area contributed by atoms with E-state index >= 15 is 0 Å². The second-order valence-electron chi connectivity index (χ2n) is 5.86. The fourth-order valence-corrected chi connectivity index (χ4v) is 2.80. The zero-order valence-corrected chi connectivity index (χ0v) is 15.2.